The van der Waals surface area contributed by atoms with Gasteiger partial charge in [-0.15, -0.1) is 23.5 Å². The van der Waals surface area contributed by atoms with E-state index in [0.717, 1.165) is 57.5 Å². The summed E-state index contributed by atoms with van der Waals surface area (Å²) in [7, 11) is 0. The molecule has 1 aliphatic carbocycles. The van der Waals surface area contributed by atoms with Gasteiger partial charge in [0.1, 0.15) is 0 Å². The largest absolute Gasteiger partial charge is 0.380 e. The lowest BCUT2D eigenvalue weighted by Gasteiger charge is -2.22. The Labute approximate surface area is 188 Å². The molecule has 2 aromatic rings. The first-order valence-electron chi connectivity index (χ1n) is 9.61. The molecule has 0 radical (unpaired) electrons. The molecule has 0 fully saturated rings. The third-order valence-electron chi connectivity index (χ3n) is 4.71. The first-order valence-corrected chi connectivity index (χ1v) is 13.9. The zero-order chi connectivity index (χ0) is 20.1. The van der Waals surface area contributed by atoms with Crippen molar-refractivity contribution in [2.24, 2.45) is 0 Å². The lowest BCUT2D eigenvalue weighted by Crippen LogP contribution is -2.22. The second-order valence-corrected chi connectivity index (χ2v) is 11.3. The molecule has 1 heterocycles. The maximum Gasteiger partial charge on any atom is 0.196 e. The Morgan fingerprint density at radius 3 is 1.66 bits per heavy atom. The first kappa shape index (κ1) is 21.4. The molecule has 3 nitrogen and oxygen atoms in total. The second kappa shape index (κ2) is 10.4. The number of hydrogen-bond donors (Lipinski definition) is 0. The van der Waals surface area contributed by atoms with Gasteiger partial charge in [-0.1, -0.05) is 24.3 Å². The zero-order valence-electron chi connectivity index (χ0n) is 16.0. The SMILES string of the molecule is O=C1c2cccc3c2C(=O)c2c(cccc21)SCCSCCOCCSCCS3. The number of ether oxygens (including phenoxy) is 1. The van der Waals surface area contributed by atoms with E-state index in [9.17, 15) is 9.59 Å². The van der Waals surface area contributed by atoms with Crippen LogP contribution in [0, 0.1) is 0 Å². The van der Waals surface area contributed by atoms with Crippen LogP contribution in [0.3, 0.4) is 0 Å². The van der Waals surface area contributed by atoms with Crippen molar-refractivity contribution in [3.63, 3.8) is 0 Å². The van der Waals surface area contributed by atoms with Crippen molar-refractivity contribution < 1.29 is 14.3 Å². The number of rotatable bonds is 0. The van der Waals surface area contributed by atoms with Crippen molar-refractivity contribution in [3.8, 4) is 0 Å². The maximum atomic E-state index is 13.5. The summed E-state index contributed by atoms with van der Waals surface area (Å²) in [4.78, 5) is 28.5. The van der Waals surface area contributed by atoms with E-state index >= 15 is 0 Å². The van der Waals surface area contributed by atoms with Crippen LogP contribution in [-0.2, 0) is 4.74 Å². The van der Waals surface area contributed by atoms with Gasteiger partial charge in [0.25, 0.3) is 0 Å². The summed E-state index contributed by atoms with van der Waals surface area (Å²) in [6.45, 7) is 1.57. The Morgan fingerprint density at radius 2 is 1.14 bits per heavy atom. The molecule has 4 rings (SSSR count). The van der Waals surface area contributed by atoms with Crippen LogP contribution in [0.2, 0.25) is 0 Å². The lowest BCUT2D eigenvalue weighted by atomic mass is 9.84. The maximum absolute atomic E-state index is 13.5. The third-order valence-corrected chi connectivity index (χ3v) is 9.24. The Balaban J connectivity index is 1.67. The quantitative estimate of drug-likeness (QED) is 0.458. The second-order valence-electron chi connectivity index (χ2n) is 6.55. The number of carbonyl (C=O) groups is 2. The summed E-state index contributed by atoms with van der Waals surface area (Å²) >= 11 is 7.08. The number of benzene rings is 2. The standard InChI is InChI=1S/C22H22O3S4/c23-21-15-3-1-5-17-19(15)22(24)20-16(21)4-2-6-18(20)29-14-12-27-10-8-25-7-9-26-11-13-28-17/h1-6H,7-14H2. The molecule has 2 aliphatic rings. The molecule has 0 saturated carbocycles. The lowest BCUT2D eigenvalue weighted by molar-refractivity contribution is 0.0974. The zero-order valence-corrected chi connectivity index (χ0v) is 19.2. The fraction of sp³-hybridized carbons (Fsp3) is 0.364. The average molecular weight is 463 g/mol. The van der Waals surface area contributed by atoms with Gasteiger partial charge >= 0.3 is 0 Å². The van der Waals surface area contributed by atoms with Crippen molar-refractivity contribution in [1.82, 2.24) is 0 Å². The minimum absolute atomic E-state index is 0.00405. The molecule has 1 aliphatic heterocycles. The normalized spacial score (nSPS) is 18.8. The topological polar surface area (TPSA) is 43.4 Å². The van der Waals surface area contributed by atoms with Crippen LogP contribution in [0.5, 0.6) is 0 Å². The first-order chi connectivity index (χ1) is 14.3. The molecule has 0 spiro atoms. The fourth-order valence-electron chi connectivity index (χ4n) is 3.38. The van der Waals surface area contributed by atoms with E-state index in [2.05, 4.69) is 0 Å². The fourth-order valence-corrected chi connectivity index (χ4v) is 7.36. The van der Waals surface area contributed by atoms with Gasteiger partial charge < -0.3 is 4.74 Å². The molecule has 152 valence electrons. The minimum Gasteiger partial charge on any atom is -0.380 e. The number of ketones is 2. The van der Waals surface area contributed by atoms with E-state index in [-0.39, 0.29) is 11.6 Å². The van der Waals surface area contributed by atoms with Crippen molar-refractivity contribution in [3.05, 3.63) is 58.7 Å². The van der Waals surface area contributed by atoms with E-state index in [4.69, 9.17) is 4.74 Å². The molecule has 29 heavy (non-hydrogen) atoms. The molecule has 2 bridgehead atoms. The molecule has 0 aromatic heterocycles. The molecular formula is C22H22O3S4. The van der Waals surface area contributed by atoms with Gasteiger partial charge in [0.15, 0.2) is 11.6 Å². The summed E-state index contributed by atoms with van der Waals surface area (Å²) in [5.41, 5.74) is 2.26. The van der Waals surface area contributed by atoms with Gasteiger partial charge in [-0.25, -0.2) is 0 Å². The van der Waals surface area contributed by atoms with Crippen LogP contribution < -0.4 is 0 Å². The molecule has 7 heteroatoms. The Kier molecular flexibility index (Phi) is 7.70. The third kappa shape index (κ3) is 4.90. The molecule has 0 amide bonds. The Bertz CT molecular complexity index is 843. The highest BCUT2D eigenvalue weighted by atomic mass is 32.2. The summed E-state index contributed by atoms with van der Waals surface area (Å²) in [5.74, 6) is 5.73. The highest BCUT2D eigenvalue weighted by Gasteiger charge is 2.33. The van der Waals surface area contributed by atoms with Crippen LogP contribution >= 0.6 is 47.0 Å². The van der Waals surface area contributed by atoms with Gasteiger partial charge in [0.2, 0.25) is 0 Å². The molecular weight excluding hydrogens is 441 g/mol. The summed E-state index contributed by atoms with van der Waals surface area (Å²) in [6, 6.07) is 11.3. The monoisotopic (exact) mass is 462 g/mol. The van der Waals surface area contributed by atoms with E-state index in [0.29, 0.717) is 22.3 Å². The van der Waals surface area contributed by atoms with Gasteiger partial charge in [-0.2, -0.15) is 23.5 Å². The summed E-state index contributed by atoms with van der Waals surface area (Å²) in [6.07, 6.45) is 0. The Morgan fingerprint density at radius 1 is 0.621 bits per heavy atom. The van der Waals surface area contributed by atoms with Crippen LogP contribution in [0.15, 0.2) is 46.2 Å². The summed E-state index contributed by atoms with van der Waals surface area (Å²) < 4.78 is 5.70. The van der Waals surface area contributed by atoms with Crippen molar-refractivity contribution >= 4 is 58.6 Å². The highest BCUT2D eigenvalue weighted by Crippen LogP contribution is 2.38. The van der Waals surface area contributed by atoms with E-state index in [1.165, 1.54) is 0 Å². The molecule has 0 unspecified atom stereocenters. The molecule has 0 saturated heterocycles. The van der Waals surface area contributed by atoms with Gasteiger partial charge in [0, 0.05) is 66.6 Å². The van der Waals surface area contributed by atoms with E-state index in [1.54, 1.807) is 35.7 Å². The van der Waals surface area contributed by atoms with Crippen molar-refractivity contribution in [2.75, 3.05) is 47.7 Å². The van der Waals surface area contributed by atoms with Gasteiger partial charge in [-0.05, 0) is 12.1 Å². The van der Waals surface area contributed by atoms with E-state index in [1.807, 2.05) is 47.8 Å². The number of carbonyl (C=O) groups excluding carboxylic acids is 2. The van der Waals surface area contributed by atoms with Crippen LogP contribution in [0.1, 0.15) is 31.8 Å². The van der Waals surface area contributed by atoms with Gasteiger partial charge in [0.05, 0.1) is 13.2 Å². The highest BCUT2D eigenvalue weighted by molar-refractivity contribution is 8.03. The number of thioether (sulfide) groups is 4. The molecule has 0 N–H and O–H groups in total. The number of hydrogen-bond acceptors (Lipinski definition) is 7. The van der Waals surface area contributed by atoms with E-state index < -0.39 is 0 Å². The molecule has 2 aromatic carbocycles. The Hall–Kier alpha value is -0.860. The predicted molar refractivity (Wildman–Crippen MR) is 127 cm³/mol. The summed E-state index contributed by atoms with van der Waals surface area (Å²) in [5, 5.41) is 0. The van der Waals surface area contributed by atoms with Crippen molar-refractivity contribution in [2.45, 2.75) is 9.79 Å². The molecule has 0 atom stereocenters. The van der Waals surface area contributed by atoms with Crippen molar-refractivity contribution in [1.29, 1.82) is 0 Å². The predicted octanol–water partition coefficient (Wildman–Crippen LogP) is 5.14. The van der Waals surface area contributed by atoms with Gasteiger partial charge in [-0.3, -0.25) is 9.59 Å². The van der Waals surface area contributed by atoms with Crippen LogP contribution in [0.4, 0.5) is 0 Å². The minimum atomic E-state index is -0.0326. The van der Waals surface area contributed by atoms with Crippen LogP contribution in [0.25, 0.3) is 0 Å². The average Bonchev–Trinajstić information content (AvgIpc) is 2.74. The smallest absolute Gasteiger partial charge is 0.196 e. The van der Waals surface area contributed by atoms with Crippen LogP contribution in [-0.4, -0.2) is 59.3 Å².